The molecule has 0 saturated heterocycles. The maximum absolute atomic E-state index is 13.1. The fourth-order valence-electron chi connectivity index (χ4n) is 4.35. The third-order valence-corrected chi connectivity index (χ3v) is 6.49. The van der Waals surface area contributed by atoms with Gasteiger partial charge in [0.2, 0.25) is 5.95 Å². The summed E-state index contributed by atoms with van der Waals surface area (Å²) < 4.78 is 0. The summed E-state index contributed by atoms with van der Waals surface area (Å²) in [6.45, 7) is 1.11. The number of carbonyl (C=O) groups is 1. The van der Waals surface area contributed by atoms with Crippen molar-refractivity contribution in [1.29, 1.82) is 0 Å². The van der Waals surface area contributed by atoms with Gasteiger partial charge in [0.1, 0.15) is 18.2 Å². The van der Waals surface area contributed by atoms with E-state index in [9.17, 15) is 4.79 Å². The Kier molecular flexibility index (Phi) is 6.01. The van der Waals surface area contributed by atoms with E-state index in [-0.39, 0.29) is 16.8 Å². The average molecular weight is 457 g/mol. The number of anilines is 1. The van der Waals surface area contributed by atoms with Crippen molar-refractivity contribution in [3.63, 3.8) is 0 Å². The highest BCUT2D eigenvalue weighted by molar-refractivity contribution is 8.00. The van der Waals surface area contributed by atoms with Crippen LogP contribution < -0.4 is 5.32 Å². The summed E-state index contributed by atoms with van der Waals surface area (Å²) in [5, 5.41) is 6.66. The normalized spacial score (nSPS) is 14.9. The van der Waals surface area contributed by atoms with Gasteiger partial charge in [-0.2, -0.15) is 0 Å². The number of nitrogens with one attached hydrogen (secondary N) is 1. The highest BCUT2D eigenvalue weighted by atomic mass is 32.2. The van der Waals surface area contributed by atoms with E-state index in [0.29, 0.717) is 37.2 Å². The molecule has 1 aliphatic heterocycles. The molecule has 1 amide bonds. The standard InChI is InChI=1S/C26H26N5OS/c1-33(2)12-9-18-7-10-27-24(13-18)25(32)31-11-8-23-21(17-31)16-28-26(30-23)29-22-14-19-5-3-4-6-20(19)15-22/h3-7,10,13,16,22H,8,11,14-15,17H2,1-2H3,(H,28,29,30)/q+1. The summed E-state index contributed by atoms with van der Waals surface area (Å²) in [6.07, 6.45) is 10.3. The van der Waals surface area contributed by atoms with Crippen LogP contribution in [0.25, 0.3) is 0 Å². The number of rotatable bonds is 3. The third-order valence-electron chi connectivity index (χ3n) is 5.98. The lowest BCUT2D eigenvalue weighted by atomic mass is 10.1. The molecule has 1 aliphatic carbocycles. The first-order valence-corrected chi connectivity index (χ1v) is 13.1. The van der Waals surface area contributed by atoms with E-state index in [4.69, 9.17) is 4.98 Å². The van der Waals surface area contributed by atoms with Crippen LogP contribution in [-0.4, -0.2) is 50.9 Å². The van der Waals surface area contributed by atoms with E-state index in [2.05, 4.69) is 63.2 Å². The molecular weight excluding hydrogens is 430 g/mol. The Morgan fingerprint density at radius 1 is 1.12 bits per heavy atom. The number of fused-ring (bicyclic) bond motifs is 2. The van der Waals surface area contributed by atoms with Crippen LogP contribution in [0.5, 0.6) is 0 Å². The zero-order valence-corrected chi connectivity index (χ0v) is 19.7. The van der Waals surface area contributed by atoms with E-state index >= 15 is 0 Å². The van der Waals surface area contributed by atoms with Crippen LogP contribution in [0.15, 0.2) is 48.8 Å². The highest BCUT2D eigenvalue weighted by Gasteiger charge is 2.26. The van der Waals surface area contributed by atoms with Crippen LogP contribution in [0.2, 0.25) is 0 Å². The number of benzene rings is 1. The van der Waals surface area contributed by atoms with E-state index in [0.717, 1.165) is 29.7 Å². The van der Waals surface area contributed by atoms with Crippen molar-refractivity contribution in [3.8, 4) is 11.2 Å². The summed E-state index contributed by atoms with van der Waals surface area (Å²) in [6, 6.07) is 12.5. The zero-order chi connectivity index (χ0) is 22.8. The number of hydrogen-bond acceptors (Lipinski definition) is 5. The van der Waals surface area contributed by atoms with Crippen molar-refractivity contribution in [3.05, 3.63) is 82.4 Å². The first-order valence-electron chi connectivity index (χ1n) is 11.1. The average Bonchev–Trinajstić information content (AvgIpc) is 3.24. The van der Waals surface area contributed by atoms with Crippen molar-refractivity contribution >= 4 is 22.8 Å². The molecule has 3 heterocycles. The van der Waals surface area contributed by atoms with E-state index in [1.807, 2.05) is 17.2 Å². The largest absolute Gasteiger partial charge is 0.351 e. The predicted molar refractivity (Wildman–Crippen MR) is 132 cm³/mol. The minimum atomic E-state index is -0.0813. The van der Waals surface area contributed by atoms with Gasteiger partial charge < -0.3 is 10.2 Å². The molecule has 0 fully saturated rings. The second-order valence-electron chi connectivity index (χ2n) is 8.63. The molecule has 3 aromatic rings. The molecule has 6 nitrogen and oxygen atoms in total. The molecule has 2 aromatic heterocycles. The summed E-state index contributed by atoms with van der Waals surface area (Å²) in [5.74, 6) is 3.71. The predicted octanol–water partition coefficient (Wildman–Crippen LogP) is 2.84. The Bertz CT molecular complexity index is 1240. The molecule has 7 heteroatoms. The molecular formula is C26H26N5OS+. The molecule has 2 aliphatic rings. The fraction of sp³-hybridized carbons (Fsp3) is 0.308. The molecule has 1 N–H and O–H groups in total. The van der Waals surface area contributed by atoms with Gasteiger partial charge in [-0.1, -0.05) is 24.3 Å². The first-order chi connectivity index (χ1) is 16.0. The Balaban J connectivity index is 1.25. The minimum Gasteiger partial charge on any atom is -0.351 e. The topological polar surface area (TPSA) is 71.0 Å². The summed E-state index contributed by atoms with van der Waals surface area (Å²) in [5.41, 5.74) is 6.05. The molecule has 0 bridgehead atoms. The van der Waals surface area contributed by atoms with Crippen molar-refractivity contribution < 1.29 is 4.79 Å². The first kappa shape index (κ1) is 21.5. The van der Waals surface area contributed by atoms with Gasteiger partial charge in [-0.3, -0.25) is 9.78 Å². The van der Waals surface area contributed by atoms with Crippen LogP contribution in [0, 0.1) is 11.2 Å². The third kappa shape index (κ3) is 4.86. The van der Waals surface area contributed by atoms with Crippen molar-refractivity contribution in [2.75, 3.05) is 24.4 Å². The molecule has 0 unspecified atom stereocenters. The monoisotopic (exact) mass is 456 g/mol. The molecule has 0 spiro atoms. The second kappa shape index (κ2) is 9.24. The van der Waals surface area contributed by atoms with E-state index < -0.39 is 0 Å². The lowest BCUT2D eigenvalue weighted by Gasteiger charge is -2.28. The number of carbonyl (C=O) groups excluding carboxylic acids is 1. The van der Waals surface area contributed by atoms with Crippen LogP contribution in [0.3, 0.4) is 0 Å². The van der Waals surface area contributed by atoms with Crippen molar-refractivity contribution in [2.45, 2.75) is 31.8 Å². The van der Waals surface area contributed by atoms with Gasteiger partial charge in [0.05, 0.1) is 16.6 Å². The van der Waals surface area contributed by atoms with Crippen LogP contribution >= 0.6 is 0 Å². The quantitative estimate of drug-likeness (QED) is 0.485. The van der Waals surface area contributed by atoms with Gasteiger partial charge in [-0.25, -0.2) is 9.97 Å². The minimum absolute atomic E-state index is 0.0273. The smallest absolute Gasteiger partial charge is 0.272 e. The summed E-state index contributed by atoms with van der Waals surface area (Å²) in [7, 11) is 0.0273. The molecule has 5 rings (SSSR count). The molecule has 166 valence electrons. The van der Waals surface area contributed by atoms with E-state index in [1.165, 1.54) is 11.1 Å². The molecule has 0 atom stereocenters. The summed E-state index contributed by atoms with van der Waals surface area (Å²) in [4.78, 5) is 28.5. The lowest BCUT2D eigenvalue weighted by molar-refractivity contribution is 0.0727. The number of hydrogen-bond donors (Lipinski definition) is 1. The van der Waals surface area contributed by atoms with Gasteiger partial charge in [-0.15, -0.1) is 0 Å². The maximum Gasteiger partial charge on any atom is 0.272 e. The van der Waals surface area contributed by atoms with Gasteiger partial charge in [0.25, 0.3) is 5.91 Å². The van der Waals surface area contributed by atoms with Crippen molar-refractivity contribution in [2.24, 2.45) is 0 Å². The van der Waals surface area contributed by atoms with Crippen molar-refractivity contribution in [1.82, 2.24) is 19.9 Å². The van der Waals surface area contributed by atoms with Gasteiger partial charge in [0.15, 0.2) is 5.25 Å². The maximum atomic E-state index is 13.1. The Morgan fingerprint density at radius 2 is 1.91 bits per heavy atom. The van der Waals surface area contributed by atoms with Crippen LogP contribution in [-0.2, 0) is 36.7 Å². The second-order valence-corrected chi connectivity index (χ2v) is 10.5. The Labute approximate surface area is 197 Å². The number of nitrogens with zero attached hydrogens (tertiary/aromatic N) is 4. The van der Waals surface area contributed by atoms with E-state index in [1.54, 1.807) is 12.3 Å². The highest BCUT2D eigenvalue weighted by Crippen LogP contribution is 2.25. The summed E-state index contributed by atoms with van der Waals surface area (Å²) >= 11 is 0. The number of aromatic nitrogens is 3. The van der Waals surface area contributed by atoms with Gasteiger partial charge >= 0.3 is 0 Å². The van der Waals surface area contributed by atoms with Gasteiger partial charge in [-0.05, 0) is 42.0 Å². The molecule has 1 aromatic carbocycles. The Hall–Kier alpha value is -3.37. The molecule has 33 heavy (non-hydrogen) atoms. The van der Waals surface area contributed by atoms with Gasteiger partial charge in [0, 0.05) is 49.1 Å². The lowest BCUT2D eigenvalue weighted by Crippen LogP contribution is -2.37. The number of pyridine rings is 1. The number of amides is 1. The molecule has 0 saturated carbocycles. The SMILES string of the molecule is C[S+](C)C#Cc1ccnc(C(=O)N2CCc3nc(NC4Cc5ccccc5C4)ncc3C2)c1. The fourth-order valence-corrected chi connectivity index (χ4v) is 4.67. The molecule has 0 radical (unpaired) electrons. The van der Waals surface area contributed by atoms with Crippen LogP contribution in [0.4, 0.5) is 5.95 Å². The van der Waals surface area contributed by atoms with Crippen LogP contribution in [0.1, 0.15) is 38.4 Å². The Morgan fingerprint density at radius 3 is 2.67 bits per heavy atom. The zero-order valence-electron chi connectivity index (χ0n) is 18.8.